The third-order valence-corrected chi connectivity index (χ3v) is 6.29. The second-order valence-electron chi connectivity index (χ2n) is 8.04. The van der Waals surface area contributed by atoms with E-state index in [1.807, 2.05) is 0 Å². The molecule has 2 fully saturated rings. The number of halogens is 1. The van der Waals surface area contributed by atoms with Crippen molar-refractivity contribution in [2.45, 2.75) is 77.8 Å². The smallest absolute Gasteiger partial charge is 0.194 e. The van der Waals surface area contributed by atoms with Gasteiger partial charge in [-0.3, -0.25) is 0 Å². The molecule has 1 spiro atoms. The molecule has 7 heteroatoms. The fourth-order valence-corrected chi connectivity index (χ4v) is 4.88. The first kappa shape index (κ1) is 19.9. The molecule has 3 aliphatic rings. The lowest BCUT2D eigenvalue weighted by Crippen LogP contribution is -2.41. The summed E-state index contributed by atoms with van der Waals surface area (Å²) < 4.78 is 2.28. The average Bonchev–Trinajstić information content (AvgIpc) is 3.24. The lowest BCUT2D eigenvalue weighted by atomic mass is 9.73. The number of nitrogens with zero attached hydrogens (tertiary/aromatic N) is 5. The third kappa shape index (κ3) is 4.17. The molecule has 0 amide bonds. The second kappa shape index (κ2) is 8.89. The Bertz CT molecular complexity index is 620. The minimum Gasteiger partial charge on any atom is -0.357 e. The quantitative estimate of drug-likeness (QED) is 0.417. The number of hydrogen-bond donors (Lipinski definition) is 1. The van der Waals surface area contributed by atoms with Crippen molar-refractivity contribution in [1.29, 1.82) is 0 Å². The summed E-state index contributed by atoms with van der Waals surface area (Å²) in [7, 11) is 0. The van der Waals surface area contributed by atoms with Crippen molar-refractivity contribution in [3.8, 4) is 0 Å². The molecule has 1 saturated heterocycles. The lowest BCUT2D eigenvalue weighted by Gasteiger charge is -2.33. The van der Waals surface area contributed by atoms with Crippen molar-refractivity contribution < 1.29 is 0 Å². The zero-order valence-electron chi connectivity index (χ0n) is 16.0. The molecule has 1 aliphatic carbocycles. The molecule has 2 aliphatic heterocycles. The normalized spacial score (nSPS) is 22.2. The minimum absolute atomic E-state index is 0. The number of nitrogens with one attached hydrogen (secondary N) is 1. The highest BCUT2D eigenvalue weighted by Crippen LogP contribution is 2.43. The van der Waals surface area contributed by atoms with Crippen molar-refractivity contribution in [3.05, 3.63) is 11.6 Å². The van der Waals surface area contributed by atoms with Crippen LogP contribution in [0.4, 0.5) is 0 Å². The van der Waals surface area contributed by atoms with Crippen LogP contribution in [0.3, 0.4) is 0 Å². The van der Waals surface area contributed by atoms with E-state index in [1.54, 1.807) is 0 Å². The number of aromatic nitrogens is 3. The maximum atomic E-state index is 4.93. The van der Waals surface area contributed by atoms with E-state index in [9.17, 15) is 0 Å². The molecular formula is C19H33IN6. The van der Waals surface area contributed by atoms with Gasteiger partial charge < -0.3 is 14.8 Å². The van der Waals surface area contributed by atoms with Crippen LogP contribution >= 0.6 is 24.0 Å². The molecule has 146 valence electrons. The Morgan fingerprint density at radius 2 is 1.92 bits per heavy atom. The zero-order chi connectivity index (χ0) is 17.1. The van der Waals surface area contributed by atoms with Crippen LogP contribution in [-0.2, 0) is 19.5 Å². The molecule has 3 heterocycles. The Kier molecular flexibility index (Phi) is 6.80. The lowest BCUT2D eigenvalue weighted by molar-refractivity contribution is 0.203. The van der Waals surface area contributed by atoms with Gasteiger partial charge in [0.1, 0.15) is 12.4 Å². The molecule has 1 aromatic rings. The van der Waals surface area contributed by atoms with E-state index in [2.05, 4.69) is 31.9 Å². The molecule has 1 saturated carbocycles. The van der Waals surface area contributed by atoms with Crippen molar-refractivity contribution >= 4 is 29.9 Å². The van der Waals surface area contributed by atoms with Gasteiger partial charge in [0.15, 0.2) is 11.8 Å². The maximum absolute atomic E-state index is 4.93. The molecule has 0 unspecified atom stereocenters. The Morgan fingerprint density at radius 1 is 1.08 bits per heavy atom. The topological polar surface area (TPSA) is 58.3 Å². The SMILES string of the molecule is CCNC(=NCc1nnc2n1CCCC2)N1CCC2(CCCCC2)C1.I. The van der Waals surface area contributed by atoms with Gasteiger partial charge in [-0.1, -0.05) is 19.3 Å². The maximum Gasteiger partial charge on any atom is 0.194 e. The van der Waals surface area contributed by atoms with E-state index in [1.165, 1.54) is 57.9 Å². The van der Waals surface area contributed by atoms with Gasteiger partial charge in [0.05, 0.1) is 0 Å². The predicted molar refractivity (Wildman–Crippen MR) is 115 cm³/mol. The van der Waals surface area contributed by atoms with Crippen LogP contribution in [0.15, 0.2) is 4.99 Å². The van der Waals surface area contributed by atoms with Crippen LogP contribution < -0.4 is 5.32 Å². The van der Waals surface area contributed by atoms with Crippen LogP contribution in [0.5, 0.6) is 0 Å². The second-order valence-corrected chi connectivity index (χ2v) is 8.04. The van der Waals surface area contributed by atoms with Crippen LogP contribution in [0.25, 0.3) is 0 Å². The van der Waals surface area contributed by atoms with E-state index in [-0.39, 0.29) is 24.0 Å². The van der Waals surface area contributed by atoms with Gasteiger partial charge in [0.25, 0.3) is 0 Å². The number of rotatable bonds is 3. The van der Waals surface area contributed by atoms with E-state index >= 15 is 0 Å². The Morgan fingerprint density at radius 3 is 2.73 bits per heavy atom. The number of aryl methyl sites for hydroxylation is 1. The summed E-state index contributed by atoms with van der Waals surface area (Å²) >= 11 is 0. The Hall–Kier alpha value is -0.860. The molecule has 1 N–H and O–H groups in total. The molecule has 1 aromatic heterocycles. The van der Waals surface area contributed by atoms with E-state index < -0.39 is 0 Å². The fourth-order valence-electron chi connectivity index (χ4n) is 4.88. The molecule has 26 heavy (non-hydrogen) atoms. The Labute approximate surface area is 174 Å². The van der Waals surface area contributed by atoms with Gasteiger partial charge in [0.2, 0.25) is 0 Å². The van der Waals surface area contributed by atoms with Gasteiger partial charge in [-0.15, -0.1) is 34.2 Å². The molecule has 4 rings (SSSR count). The van der Waals surface area contributed by atoms with Gasteiger partial charge in [-0.05, 0) is 44.4 Å². The summed E-state index contributed by atoms with van der Waals surface area (Å²) in [5, 5.41) is 12.3. The summed E-state index contributed by atoms with van der Waals surface area (Å²) in [6.07, 6.45) is 11.9. The van der Waals surface area contributed by atoms with Crippen LogP contribution in [0, 0.1) is 5.41 Å². The number of aliphatic imine (C=N–C) groups is 1. The molecule has 0 radical (unpaired) electrons. The highest BCUT2D eigenvalue weighted by atomic mass is 127. The summed E-state index contributed by atoms with van der Waals surface area (Å²) in [4.78, 5) is 7.42. The van der Waals surface area contributed by atoms with Crippen molar-refractivity contribution in [2.75, 3.05) is 19.6 Å². The van der Waals surface area contributed by atoms with E-state index in [4.69, 9.17) is 4.99 Å². The van der Waals surface area contributed by atoms with Crippen LogP contribution in [0.2, 0.25) is 0 Å². The number of guanidine groups is 1. The number of fused-ring (bicyclic) bond motifs is 1. The average molecular weight is 472 g/mol. The van der Waals surface area contributed by atoms with E-state index in [0.29, 0.717) is 12.0 Å². The molecule has 0 aromatic carbocycles. The first-order chi connectivity index (χ1) is 12.3. The molecular weight excluding hydrogens is 439 g/mol. The van der Waals surface area contributed by atoms with Gasteiger partial charge in [0, 0.05) is 32.6 Å². The first-order valence-electron chi connectivity index (χ1n) is 10.2. The highest BCUT2D eigenvalue weighted by Gasteiger charge is 2.39. The summed E-state index contributed by atoms with van der Waals surface area (Å²) in [6, 6.07) is 0. The minimum atomic E-state index is 0. The van der Waals surface area contributed by atoms with Gasteiger partial charge >= 0.3 is 0 Å². The van der Waals surface area contributed by atoms with Crippen LogP contribution in [-0.4, -0.2) is 45.3 Å². The summed E-state index contributed by atoms with van der Waals surface area (Å²) in [6.45, 7) is 7.08. The first-order valence-corrected chi connectivity index (χ1v) is 10.2. The highest BCUT2D eigenvalue weighted by molar-refractivity contribution is 14.0. The van der Waals surface area contributed by atoms with Crippen LogP contribution in [0.1, 0.15) is 69.9 Å². The Balaban J connectivity index is 0.00000196. The zero-order valence-corrected chi connectivity index (χ0v) is 18.4. The van der Waals surface area contributed by atoms with Gasteiger partial charge in [-0.25, -0.2) is 4.99 Å². The predicted octanol–water partition coefficient (Wildman–Crippen LogP) is 3.35. The van der Waals surface area contributed by atoms with Crippen molar-refractivity contribution in [1.82, 2.24) is 25.0 Å². The summed E-state index contributed by atoms with van der Waals surface area (Å²) in [5.41, 5.74) is 0.558. The number of likely N-dealkylation sites (tertiary alicyclic amines) is 1. The van der Waals surface area contributed by atoms with Gasteiger partial charge in [-0.2, -0.15) is 0 Å². The molecule has 0 atom stereocenters. The summed E-state index contributed by atoms with van der Waals surface area (Å²) in [5.74, 6) is 3.23. The fraction of sp³-hybridized carbons (Fsp3) is 0.842. The third-order valence-electron chi connectivity index (χ3n) is 6.29. The molecule has 0 bridgehead atoms. The number of hydrogen-bond acceptors (Lipinski definition) is 3. The molecule has 6 nitrogen and oxygen atoms in total. The van der Waals surface area contributed by atoms with Crippen molar-refractivity contribution in [2.24, 2.45) is 10.4 Å². The monoisotopic (exact) mass is 472 g/mol. The largest absolute Gasteiger partial charge is 0.357 e. The standard InChI is InChI=1S/C19H32N6.HI/c1-2-20-18(24-13-11-19(15-24)9-5-3-6-10-19)21-14-17-23-22-16-8-4-7-12-25(16)17;/h2-15H2,1H3,(H,20,21);1H. The van der Waals surface area contributed by atoms with Crippen molar-refractivity contribution in [3.63, 3.8) is 0 Å². The van der Waals surface area contributed by atoms with E-state index in [0.717, 1.165) is 43.7 Å².